The minimum atomic E-state index is -1.55. The van der Waals surface area contributed by atoms with Gasteiger partial charge in [-0.25, -0.2) is 13.2 Å². The Morgan fingerprint density at radius 2 is 1.83 bits per heavy atom. The molecule has 2 nitrogen and oxygen atoms in total. The molecule has 0 amide bonds. The van der Waals surface area contributed by atoms with E-state index >= 15 is 0 Å². The van der Waals surface area contributed by atoms with Gasteiger partial charge in [0.1, 0.15) is 11.6 Å². The van der Waals surface area contributed by atoms with Crippen LogP contribution < -0.4 is 0 Å². The van der Waals surface area contributed by atoms with Crippen molar-refractivity contribution >= 4 is 0 Å². The maximum Gasteiger partial charge on any atom is 0.180 e. The van der Waals surface area contributed by atoms with Crippen molar-refractivity contribution in [3.05, 3.63) is 29.1 Å². The number of phenolic OH excluding ortho intramolecular Hbond substituents is 1. The molecular weight excluding hydrogens is 171 g/mol. The van der Waals surface area contributed by atoms with Gasteiger partial charge in [-0.3, -0.25) is 0 Å². The molecule has 5 heteroatoms. The quantitative estimate of drug-likeness (QED) is 0.606. The van der Waals surface area contributed by atoms with E-state index in [4.69, 9.17) is 10.4 Å². The third-order valence-corrected chi connectivity index (χ3v) is 1.26. The number of nitrogens with zero attached hydrogens (tertiary/aromatic N) is 1. The first-order valence-electron chi connectivity index (χ1n) is 2.84. The van der Waals surface area contributed by atoms with Gasteiger partial charge in [0.2, 0.25) is 0 Å². The Hall–Kier alpha value is -1.70. The molecule has 12 heavy (non-hydrogen) atoms. The predicted octanol–water partition coefficient (Wildman–Crippen LogP) is 1.68. The molecule has 0 aliphatic rings. The van der Waals surface area contributed by atoms with Crippen molar-refractivity contribution in [1.29, 1.82) is 5.26 Å². The summed E-state index contributed by atoms with van der Waals surface area (Å²) in [6.07, 6.45) is 0. The summed E-state index contributed by atoms with van der Waals surface area (Å²) in [7, 11) is 0. The first kappa shape index (κ1) is 8.40. The molecule has 1 N–H and O–H groups in total. The first-order valence-corrected chi connectivity index (χ1v) is 2.84. The van der Waals surface area contributed by atoms with Gasteiger partial charge in [0.15, 0.2) is 23.2 Å². The van der Waals surface area contributed by atoms with E-state index in [9.17, 15) is 13.2 Å². The second-order valence-corrected chi connectivity index (χ2v) is 1.99. The number of hydrogen-bond donors (Lipinski definition) is 1. The highest BCUT2D eigenvalue weighted by Gasteiger charge is 2.17. The topological polar surface area (TPSA) is 44.0 Å². The average molecular weight is 173 g/mol. The fourth-order valence-electron chi connectivity index (χ4n) is 0.688. The lowest BCUT2D eigenvalue weighted by Crippen LogP contribution is -1.93. The number of nitriles is 1. The Labute approximate surface area is 65.5 Å². The van der Waals surface area contributed by atoms with Crippen LogP contribution >= 0.6 is 0 Å². The molecule has 0 fully saturated rings. The summed E-state index contributed by atoms with van der Waals surface area (Å²) in [6.45, 7) is 0. The van der Waals surface area contributed by atoms with Gasteiger partial charge in [0.25, 0.3) is 0 Å². The van der Waals surface area contributed by atoms with E-state index in [1.54, 1.807) is 0 Å². The highest BCUT2D eigenvalue weighted by Crippen LogP contribution is 2.24. The fraction of sp³-hybridized carbons (Fsp3) is 0. The molecule has 0 saturated carbocycles. The van der Waals surface area contributed by atoms with E-state index in [2.05, 4.69) is 0 Å². The molecule has 0 aliphatic carbocycles. The van der Waals surface area contributed by atoms with Crippen LogP contribution in [-0.2, 0) is 0 Å². The highest BCUT2D eigenvalue weighted by molar-refractivity contribution is 5.44. The summed E-state index contributed by atoms with van der Waals surface area (Å²) in [6, 6.07) is 1.31. The van der Waals surface area contributed by atoms with Crippen molar-refractivity contribution < 1.29 is 18.3 Å². The number of aromatic hydroxyl groups is 1. The largest absolute Gasteiger partial charge is 0.504 e. The van der Waals surface area contributed by atoms with Crippen LogP contribution in [0.25, 0.3) is 0 Å². The Balaban J connectivity index is 3.56. The summed E-state index contributed by atoms with van der Waals surface area (Å²) in [5.74, 6) is -5.57. The van der Waals surface area contributed by atoms with Crippen molar-refractivity contribution in [2.75, 3.05) is 0 Å². The minimum Gasteiger partial charge on any atom is -0.504 e. The van der Waals surface area contributed by atoms with Gasteiger partial charge in [-0.15, -0.1) is 0 Å². The summed E-state index contributed by atoms with van der Waals surface area (Å²) in [4.78, 5) is 0. The highest BCUT2D eigenvalue weighted by atomic mass is 19.2. The Morgan fingerprint density at radius 3 is 2.33 bits per heavy atom. The summed E-state index contributed by atoms with van der Waals surface area (Å²) >= 11 is 0. The summed E-state index contributed by atoms with van der Waals surface area (Å²) < 4.78 is 37.2. The molecule has 1 rings (SSSR count). The van der Waals surface area contributed by atoms with E-state index < -0.39 is 28.8 Å². The molecule has 0 atom stereocenters. The zero-order chi connectivity index (χ0) is 9.30. The minimum absolute atomic E-state index is 0.172. The van der Waals surface area contributed by atoms with Crippen molar-refractivity contribution in [3.63, 3.8) is 0 Å². The normalized spacial score (nSPS) is 9.50. The Kier molecular flexibility index (Phi) is 1.92. The Morgan fingerprint density at radius 1 is 1.25 bits per heavy atom. The van der Waals surface area contributed by atoms with Gasteiger partial charge in [-0.05, 0) is 0 Å². The smallest absolute Gasteiger partial charge is 0.180 e. The zero-order valence-electron chi connectivity index (χ0n) is 5.61. The molecule has 0 aromatic heterocycles. The van der Waals surface area contributed by atoms with E-state index in [0.29, 0.717) is 0 Å². The molecule has 0 saturated heterocycles. The van der Waals surface area contributed by atoms with Gasteiger partial charge < -0.3 is 5.11 Å². The van der Waals surface area contributed by atoms with Crippen LogP contribution in [0.1, 0.15) is 5.56 Å². The molecular formula is C7H2F3NO. The van der Waals surface area contributed by atoms with Crippen LogP contribution in [0, 0.1) is 28.8 Å². The lowest BCUT2D eigenvalue weighted by Gasteiger charge is -1.99. The van der Waals surface area contributed by atoms with Crippen LogP contribution in [0.15, 0.2) is 6.07 Å². The molecule has 1 aromatic rings. The molecule has 0 unspecified atom stereocenters. The molecule has 0 aliphatic heterocycles. The van der Waals surface area contributed by atoms with Crippen LogP contribution in [0.3, 0.4) is 0 Å². The summed E-state index contributed by atoms with van der Waals surface area (Å²) in [5, 5.41) is 16.9. The van der Waals surface area contributed by atoms with Gasteiger partial charge in [0, 0.05) is 6.07 Å². The molecule has 0 spiro atoms. The van der Waals surface area contributed by atoms with E-state index in [1.165, 1.54) is 0 Å². The van der Waals surface area contributed by atoms with Gasteiger partial charge in [0.05, 0.1) is 0 Å². The van der Waals surface area contributed by atoms with E-state index in [-0.39, 0.29) is 6.07 Å². The maximum absolute atomic E-state index is 12.5. The van der Waals surface area contributed by atoms with Crippen molar-refractivity contribution in [2.45, 2.75) is 0 Å². The Bertz CT molecular complexity index is 344. The number of phenols is 1. The first-order chi connectivity index (χ1) is 5.57. The van der Waals surface area contributed by atoms with Crippen molar-refractivity contribution in [2.24, 2.45) is 0 Å². The van der Waals surface area contributed by atoms with E-state index in [1.807, 2.05) is 0 Å². The number of benzene rings is 1. The van der Waals surface area contributed by atoms with Crippen LogP contribution in [0.4, 0.5) is 13.2 Å². The molecule has 0 bridgehead atoms. The van der Waals surface area contributed by atoms with Gasteiger partial charge >= 0.3 is 0 Å². The van der Waals surface area contributed by atoms with Crippen molar-refractivity contribution in [1.82, 2.24) is 0 Å². The molecule has 0 radical (unpaired) electrons. The monoisotopic (exact) mass is 173 g/mol. The maximum atomic E-state index is 12.5. The zero-order valence-corrected chi connectivity index (χ0v) is 5.61. The van der Waals surface area contributed by atoms with Gasteiger partial charge in [-0.2, -0.15) is 5.26 Å². The van der Waals surface area contributed by atoms with Crippen LogP contribution in [0.5, 0.6) is 5.75 Å². The average Bonchev–Trinajstić information content (AvgIpc) is 2.02. The number of rotatable bonds is 0. The van der Waals surface area contributed by atoms with Crippen LogP contribution in [-0.4, -0.2) is 5.11 Å². The molecule has 1 aromatic carbocycles. The van der Waals surface area contributed by atoms with Gasteiger partial charge in [-0.1, -0.05) is 0 Å². The number of halogens is 3. The van der Waals surface area contributed by atoms with E-state index in [0.717, 1.165) is 6.07 Å². The summed E-state index contributed by atoms with van der Waals surface area (Å²) in [5.41, 5.74) is -1.02. The van der Waals surface area contributed by atoms with Crippen molar-refractivity contribution in [3.8, 4) is 11.8 Å². The van der Waals surface area contributed by atoms with Crippen LogP contribution in [0.2, 0.25) is 0 Å². The lowest BCUT2D eigenvalue weighted by molar-refractivity contribution is 0.410. The molecule has 62 valence electrons. The SMILES string of the molecule is N#Cc1c(O)c(F)cc(F)c1F. The third-order valence-electron chi connectivity index (χ3n) is 1.26. The lowest BCUT2D eigenvalue weighted by atomic mass is 10.2. The third kappa shape index (κ3) is 1.07. The number of hydrogen-bond acceptors (Lipinski definition) is 2. The molecule has 0 heterocycles. The standard InChI is InChI=1S/C7H2F3NO/c8-4-1-5(9)7(12)3(2-11)6(4)10/h1,12H. The second-order valence-electron chi connectivity index (χ2n) is 1.99. The second kappa shape index (κ2) is 2.74. The predicted molar refractivity (Wildman–Crippen MR) is 32.7 cm³/mol. The fourth-order valence-corrected chi connectivity index (χ4v) is 0.688.